The molecule has 3 unspecified atom stereocenters. The molecule has 0 fully saturated rings. The zero-order valence-electron chi connectivity index (χ0n) is 9.31. The zero-order chi connectivity index (χ0) is 11.5. The standard InChI is InChI=1S/C10H22O4/c1-6(2)10(4,14)9(13)7(3)5-8(11)12/h6-9,11-14H,5H2,1-4H3. The smallest absolute Gasteiger partial charge is 0.151 e. The van der Waals surface area contributed by atoms with Gasteiger partial charge in [0.1, 0.15) is 0 Å². The van der Waals surface area contributed by atoms with Crippen LogP contribution in [0, 0.1) is 11.8 Å². The maximum absolute atomic E-state index is 9.93. The van der Waals surface area contributed by atoms with E-state index in [1.165, 1.54) is 0 Å². The van der Waals surface area contributed by atoms with Gasteiger partial charge in [-0.05, 0) is 18.8 Å². The lowest BCUT2D eigenvalue weighted by Crippen LogP contribution is -2.48. The molecule has 14 heavy (non-hydrogen) atoms. The first kappa shape index (κ1) is 13.8. The Balaban J connectivity index is 4.37. The van der Waals surface area contributed by atoms with E-state index in [-0.39, 0.29) is 18.3 Å². The molecule has 0 aliphatic carbocycles. The van der Waals surface area contributed by atoms with Crippen LogP contribution >= 0.6 is 0 Å². The molecule has 0 aromatic heterocycles. The van der Waals surface area contributed by atoms with Gasteiger partial charge in [-0.25, -0.2) is 0 Å². The number of aliphatic hydroxyl groups is 4. The molecule has 4 nitrogen and oxygen atoms in total. The maximum Gasteiger partial charge on any atom is 0.151 e. The highest BCUT2D eigenvalue weighted by Crippen LogP contribution is 2.27. The normalized spacial score (nSPS) is 21.0. The van der Waals surface area contributed by atoms with E-state index in [1.807, 2.05) is 13.8 Å². The molecule has 0 rings (SSSR count). The van der Waals surface area contributed by atoms with Gasteiger partial charge in [-0.3, -0.25) is 0 Å². The van der Waals surface area contributed by atoms with Gasteiger partial charge >= 0.3 is 0 Å². The van der Waals surface area contributed by atoms with Crippen LogP contribution in [0.25, 0.3) is 0 Å². The fourth-order valence-electron chi connectivity index (χ4n) is 1.38. The molecule has 4 heteroatoms. The van der Waals surface area contributed by atoms with Crippen LogP contribution in [0.1, 0.15) is 34.1 Å². The van der Waals surface area contributed by atoms with Gasteiger partial charge in [-0.15, -0.1) is 0 Å². The average Bonchev–Trinajstić information content (AvgIpc) is 2.01. The summed E-state index contributed by atoms with van der Waals surface area (Å²) in [6.07, 6.45) is -2.34. The van der Waals surface area contributed by atoms with E-state index in [9.17, 15) is 10.2 Å². The summed E-state index contributed by atoms with van der Waals surface area (Å²) in [4.78, 5) is 0. The second-order valence-corrected chi connectivity index (χ2v) is 4.52. The van der Waals surface area contributed by atoms with Crippen molar-refractivity contribution in [2.75, 3.05) is 0 Å². The number of rotatable bonds is 5. The van der Waals surface area contributed by atoms with Gasteiger partial charge in [0.15, 0.2) is 6.29 Å². The van der Waals surface area contributed by atoms with Gasteiger partial charge < -0.3 is 20.4 Å². The summed E-state index contributed by atoms with van der Waals surface area (Å²) >= 11 is 0. The van der Waals surface area contributed by atoms with Gasteiger partial charge in [-0.1, -0.05) is 20.8 Å². The third-order valence-corrected chi connectivity index (χ3v) is 2.89. The van der Waals surface area contributed by atoms with Crippen LogP contribution in [0.4, 0.5) is 0 Å². The predicted octanol–water partition coefficient (Wildman–Crippen LogP) is 0.0912. The Bertz CT molecular complexity index is 166. The van der Waals surface area contributed by atoms with Crippen molar-refractivity contribution in [1.82, 2.24) is 0 Å². The summed E-state index contributed by atoms with van der Waals surface area (Å²) in [7, 11) is 0. The molecule has 0 aliphatic heterocycles. The molecule has 0 radical (unpaired) electrons. The summed E-state index contributed by atoms with van der Waals surface area (Å²) in [5.41, 5.74) is -1.20. The van der Waals surface area contributed by atoms with Gasteiger partial charge in [0.05, 0.1) is 11.7 Å². The first-order valence-corrected chi connectivity index (χ1v) is 4.96. The lowest BCUT2D eigenvalue weighted by Gasteiger charge is -2.36. The van der Waals surface area contributed by atoms with Crippen LogP contribution in [-0.4, -0.2) is 38.4 Å². The van der Waals surface area contributed by atoms with Crippen molar-refractivity contribution in [3.8, 4) is 0 Å². The quantitative estimate of drug-likeness (QED) is 0.481. The van der Waals surface area contributed by atoms with Crippen LogP contribution in [0.5, 0.6) is 0 Å². The fraction of sp³-hybridized carbons (Fsp3) is 1.00. The number of hydrogen-bond donors (Lipinski definition) is 4. The molecule has 0 aromatic carbocycles. The highest BCUT2D eigenvalue weighted by Gasteiger charge is 2.37. The highest BCUT2D eigenvalue weighted by molar-refractivity contribution is 4.87. The van der Waals surface area contributed by atoms with E-state index in [0.717, 1.165) is 0 Å². The van der Waals surface area contributed by atoms with Crippen molar-refractivity contribution < 1.29 is 20.4 Å². The summed E-state index contributed by atoms with van der Waals surface area (Å²) in [6.45, 7) is 6.86. The van der Waals surface area contributed by atoms with E-state index >= 15 is 0 Å². The second-order valence-electron chi connectivity index (χ2n) is 4.52. The Labute approximate surface area is 85.2 Å². The average molecular weight is 206 g/mol. The lowest BCUT2D eigenvalue weighted by atomic mass is 9.80. The van der Waals surface area contributed by atoms with E-state index in [1.54, 1.807) is 13.8 Å². The van der Waals surface area contributed by atoms with Crippen LogP contribution in [0.3, 0.4) is 0 Å². The molecule has 0 saturated heterocycles. The summed E-state index contributed by atoms with van der Waals surface area (Å²) < 4.78 is 0. The first-order chi connectivity index (χ1) is 6.19. The van der Waals surface area contributed by atoms with E-state index < -0.39 is 18.0 Å². The minimum atomic E-state index is -1.44. The van der Waals surface area contributed by atoms with Crippen molar-refractivity contribution >= 4 is 0 Å². The van der Waals surface area contributed by atoms with Crippen molar-refractivity contribution in [2.45, 2.75) is 52.1 Å². The highest BCUT2D eigenvalue weighted by atomic mass is 16.5. The van der Waals surface area contributed by atoms with Crippen LogP contribution in [0.2, 0.25) is 0 Å². The van der Waals surface area contributed by atoms with Crippen LogP contribution in [-0.2, 0) is 0 Å². The Hall–Kier alpha value is -0.160. The molecule has 4 N–H and O–H groups in total. The van der Waals surface area contributed by atoms with Gasteiger partial charge in [0.2, 0.25) is 0 Å². The Morgan fingerprint density at radius 2 is 1.50 bits per heavy atom. The Morgan fingerprint density at radius 3 is 1.79 bits per heavy atom. The van der Waals surface area contributed by atoms with Crippen molar-refractivity contribution in [1.29, 1.82) is 0 Å². The second kappa shape index (κ2) is 5.07. The molecule has 0 aliphatic rings. The van der Waals surface area contributed by atoms with Crippen LogP contribution < -0.4 is 0 Å². The monoisotopic (exact) mass is 206 g/mol. The van der Waals surface area contributed by atoms with Crippen molar-refractivity contribution in [3.63, 3.8) is 0 Å². The van der Waals surface area contributed by atoms with Crippen molar-refractivity contribution in [2.24, 2.45) is 11.8 Å². The third-order valence-electron chi connectivity index (χ3n) is 2.89. The lowest BCUT2D eigenvalue weighted by molar-refractivity contribution is -0.132. The maximum atomic E-state index is 9.93. The van der Waals surface area contributed by atoms with Crippen LogP contribution in [0.15, 0.2) is 0 Å². The topological polar surface area (TPSA) is 80.9 Å². The minimum Gasteiger partial charge on any atom is -0.390 e. The predicted molar refractivity (Wildman–Crippen MR) is 53.5 cm³/mol. The summed E-state index contributed by atoms with van der Waals surface area (Å²) in [6, 6.07) is 0. The molecular formula is C10H22O4. The molecule has 0 aromatic rings. The Morgan fingerprint density at radius 1 is 1.07 bits per heavy atom. The summed E-state index contributed by atoms with van der Waals surface area (Å²) in [5, 5.41) is 37.2. The first-order valence-electron chi connectivity index (χ1n) is 4.96. The molecular weight excluding hydrogens is 184 g/mol. The number of aliphatic hydroxyl groups excluding tert-OH is 2. The fourth-order valence-corrected chi connectivity index (χ4v) is 1.38. The van der Waals surface area contributed by atoms with Gasteiger partial charge in [0, 0.05) is 6.42 Å². The summed E-state index contributed by atoms with van der Waals surface area (Å²) in [5.74, 6) is -0.441. The number of hydrogen-bond acceptors (Lipinski definition) is 4. The molecule has 0 bridgehead atoms. The molecule has 0 saturated carbocycles. The molecule has 3 atom stereocenters. The van der Waals surface area contributed by atoms with E-state index in [4.69, 9.17) is 10.2 Å². The Kier molecular flexibility index (Phi) is 5.01. The molecule has 0 heterocycles. The SMILES string of the molecule is CC(CC(O)O)C(O)C(C)(O)C(C)C. The molecule has 0 amide bonds. The van der Waals surface area contributed by atoms with E-state index in [2.05, 4.69) is 0 Å². The molecule has 86 valence electrons. The minimum absolute atomic E-state index is 0.0596. The largest absolute Gasteiger partial charge is 0.390 e. The van der Waals surface area contributed by atoms with Gasteiger partial charge in [0.25, 0.3) is 0 Å². The van der Waals surface area contributed by atoms with Crippen molar-refractivity contribution in [3.05, 3.63) is 0 Å². The van der Waals surface area contributed by atoms with Gasteiger partial charge in [-0.2, -0.15) is 0 Å². The third kappa shape index (κ3) is 3.53. The van der Waals surface area contributed by atoms with E-state index in [0.29, 0.717) is 0 Å². The molecule has 0 spiro atoms. The zero-order valence-corrected chi connectivity index (χ0v) is 9.31.